The maximum atomic E-state index is 12.8. The van der Waals surface area contributed by atoms with Gasteiger partial charge in [-0.3, -0.25) is 4.79 Å². The summed E-state index contributed by atoms with van der Waals surface area (Å²) in [7, 11) is 0. The Balaban J connectivity index is 1.41. The normalized spacial score (nSPS) is 17.8. The van der Waals surface area contributed by atoms with Gasteiger partial charge in [-0.25, -0.2) is 9.97 Å². The van der Waals surface area contributed by atoms with Crippen LogP contribution >= 0.6 is 11.3 Å². The Morgan fingerprint density at radius 1 is 1.00 bits per heavy atom. The van der Waals surface area contributed by atoms with Crippen molar-refractivity contribution >= 4 is 29.0 Å². The van der Waals surface area contributed by atoms with Crippen molar-refractivity contribution in [2.75, 3.05) is 49.1 Å². The Morgan fingerprint density at radius 2 is 1.73 bits per heavy atom. The minimum absolute atomic E-state index is 0.105. The lowest BCUT2D eigenvalue weighted by Crippen LogP contribution is -2.49. The molecule has 2 aromatic rings. The van der Waals surface area contributed by atoms with Crippen molar-refractivity contribution in [2.45, 2.75) is 26.7 Å². The predicted octanol–water partition coefficient (Wildman–Crippen LogP) is 2.11. The smallest absolute Gasteiger partial charge is 0.265 e. The standard InChI is InChI=1S/C18H24N6OS/c1-13-16(26-14(2)20-13)17(25)23-11-9-22(10-12-23)15-5-6-19-18(21-15)24-7-3-4-8-24/h5-6H,3-4,7-12H2,1-2H3. The zero-order valence-electron chi connectivity index (χ0n) is 15.3. The van der Waals surface area contributed by atoms with Crippen molar-refractivity contribution in [3.8, 4) is 0 Å². The molecule has 8 heteroatoms. The second-order valence-corrected chi connectivity index (χ2v) is 8.04. The van der Waals surface area contributed by atoms with E-state index in [2.05, 4.69) is 19.8 Å². The van der Waals surface area contributed by atoms with E-state index in [0.29, 0.717) is 13.1 Å². The van der Waals surface area contributed by atoms with Gasteiger partial charge in [0, 0.05) is 45.5 Å². The zero-order valence-corrected chi connectivity index (χ0v) is 16.1. The molecule has 0 atom stereocenters. The van der Waals surface area contributed by atoms with E-state index in [-0.39, 0.29) is 5.91 Å². The molecule has 1 amide bonds. The fourth-order valence-corrected chi connectivity index (χ4v) is 4.48. The van der Waals surface area contributed by atoms with Crippen LogP contribution in [0.4, 0.5) is 11.8 Å². The molecule has 0 aromatic carbocycles. The molecule has 2 aromatic heterocycles. The molecule has 4 rings (SSSR count). The van der Waals surface area contributed by atoms with Gasteiger partial charge in [0.1, 0.15) is 10.7 Å². The molecule has 0 unspecified atom stereocenters. The summed E-state index contributed by atoms with van der Waals surface area (Å²) in [6, 6.07) is 1.97. The average molecular weight is 372 g/mol. The molecule has 2 fully saturated rings. The van der Waals surface area contributed by atoms with Crippen LogP contribution in [0.3, 0.4) is 0 Å². The van der Waals surface area contributed by atoms with E-state index in [1.807, 2.05) is 31.0 Å². The largest absolute Gasteiger partial charge is 0.353 e. The number of anilines is 2. The van der Waals surface area contributed by atoms with E-state index in [1.165, 1.54) is 24.2 Å². The second kappa shape index (κ2) is 7.19. The van der Waals surface area contributed by atoms with E-state index >= 15 is 0 Å². The lowest BCUT2D eigenvalue weighted by atomic mass is 10.2. The summed E-state index contributed by atoms with van der Waals surface area (Å²) in [5.74, 6) is 1.89. The number of aryl methyl sites for hydroxylation is 2. The molecule has 2 aliphatic rings. The number of nitrogens with zero attached hydrogens (tertiary/aromatic N) is 6. The van der Waals surface area contributed by atoms with Gasteiger partial charge >= 0.3 is 0 Å². The molecule has 0 saturated carbocycles. The lowest BCUT2D eigenvalue weighted by molar-refractivity contribution is 0.0750. The summed E-state index contributed by atoms with van der Waals surface area (Å²) < 4.78 is 0. The molecule has 26 heavy (non-hydrogen) atoms. The first-order valence-corrected chi connectivity index (χ1v) is 10.00. The summed E-state index contributed by atoms with van der Waals surface area (Å²) in [6.07, 6.45) is 4.27. The molecule has 0 spiro atoms. The van der Waals surface area contributed by atoms with Crippen molar-refractivity contribution in [3.05, 3.63) is 27.8 Å². The monoisotopic (exact) mass is 372 g/mol. The lowest BCUT2D eigenvalue weighted by Gasteiger charge is -2.35. The third kappa shape index (κ3) is 3.38. The van der Waals surface area contributed by atoms with Crippen LogP contribution in [0.25, 0.3) is 0 Å². The van der Waals surface area contributed by atoms with Gasteiger partial charge in [-0.1, -0.05) is 0 Å². The quantitative estimate of drug-likeness (QED) is 0.822. The minimum Gasteiger partial charge on any atom is -0.353 e. The van der Waals surface area contributed by atoms with Crippen LogP contribution in [0.5, 0.6) is 0 Å². The highest BCUT2D eigenvalue weighted by atomic mass is 32.1. The highest BCUT2D eigenvalue weighted by Crippen LogP contribution is 2.22. The predicted molar refractivity (Wildman–Crippen MR) is 103 cm³/mol. The van der Waals surface area contributed by atoms with E-state index < -0.39 is 0 Å². The van der Waals surface area contributed by atoms with Crippen molar-refractivity contribution in [3.63, 3.8) is 0 Å². The third-order valence-electron chi connectivity index (χ3n) is 5.01. The number of aromatic nitrogens is 3. The molecular weight excluding hydrogens is 348 g/mol. The first-order valence-electron chi connectivity index (χ1n) is 9.18. The Labute approximate surface area is 157 Å². The topological polar surface area (TPSA) is 65.5 Å². The van der Waals surface area contributed by atoms with Crippen LogP contribution in [0.15, 0.2) is 12.3 Å². The molecule has 4 heterocycles. The molecule has 0 N–H and O–H groups in total. The third-order valence-corrected chi connectivity index (χ3v) is 6.07. The molecule has 138 valence electrons. The number of amides is 1. The Hall–Kier alpha value is -2.22. The Kier molecular flexibility index (Phi) is 4.76. The highest BCUT2D eigenvalue weighted by Gasteiger charge is 2.26. The number of carbonyl (C=O) groups excluding carboxylic acids is 1. The van der Waals surface area contributed by atoms with E-state index in [9.17, 15) is 4.79 Å². The number of carbonyl (C=O) groups is 1. The summed E-state index contributed by atoms with van der Waals surface area (Å²) in [4.78, 5) is 33.5. The Bertz CT molecular complexity index is 793. The molecule has 2 saturated heterocycles. The van der Waals surface area contributed by atoms with Crippen molar-refractivity contribution in [2.24, 2.45) is 0 Å². The van der Waals surface area contributed by atoms with Crippen LogP contribution in [0.1, 0.15) is 33.2 Å². The van der Waals surface area contributed by atoms with Crippen LogP contribution in [-0.2, 0) is 0 Å². The fraction of sp³-hybridized carbons (Fsp3) is 0.556. The van der Waals surface area contributed by atoms with Gasteiger partial charge < -0.3 is 14.7 Å². The Morgan fingerprint density at radius 3 is 2.38 bits per heavy atom. The molecular formula is C18H24N6OS. The second-order valence-electron chi connectivity index (χ2n) is 6.84. The molecule has 7 nitrogen and oxygen atoms in total. The first-order chi connectivity index (χ1) is 12.6. The summed E-state index contributed by atoms with van der Waals surface area (Å²) in [5, 5.41) is 0.944. The van der Waals surface area contributed by atoms with Crippen LogP contribution in [0.2, 0.25) is 0 Å². The molecule has 0 aliphatic carbocycles. The number of rotatable bonds is 3. The van der Waals surface area contributed by atoms with Gasteiger partial charge in [-0.05, 0) is 32.8 Å². The van der Waals surface area contributed by atoms with Crippen molar-refractivity contribution < 1.29 is 4.79 Å². The summed E-state index contributed by atoms with van der Waals surface area (Å²) >= 11 is 1.49. The van der Waals surface area contributed by atoms with E-state index in [1.54, 1.807) is 0 Å². The van der Waals surface area contributed by atoms with Gasteiger partial charge in [0.2, 0.25) is 5.95 Å². The van der Waals surface area contributed by atoms with Crippen molar-refractivity contribution in [1.29, 1.82) is 0 Å². The minimum atomic E-state index is 0.105. The van der Waals surface area contributed by atoms with E-state index in [4.69, 9.17) is 4.98 Å². The van der Waals surface area contributed by atoms with Crippen LogP contribution in [0, 0.1) is 13.8 Å². The van der Waals surface area contributed by atoms with E-state index in [0.717, 1.165) is 53.5 Å². The van der Waals surface area contributed by atoms with Gasteiger partial charge in [0.15, 0.2) is 0 Å². The van der Waals surface area contributed by atoms with Gasteiger partial charge in [-0.2, -0.15) is 4.98 Å². The first kappa shape index (κ1) is 17.2. The van der Waals surface area contributed by atoms with Crippen LogP contribution < -0.4 is 9.80 Å². The van der Waals surface area contributed by atoms with Crippen LogP contribution in [-0.4, -0.2) is 65.0 Å². The van der Waals surface area contributed by atoms with Gasteiger partial charge in [-0.15, -0.1) is 11.3 Å². The maximum Gasteiger partial charge on any atom is 0.265 e. The number of hydrogen-bond acceptors (Lipinski definition) is 7. The summed E-state index contributed by atoms with van der Waals surface area (Å²) in [5.41, 5.74) is 0.839. The van der Waals surface area contributed by atoms with Gasteiger partial charge in [0.25, 0.3) is 5.91 Å². The number of piperazine rings is 1. The molecule has 2 aliphatic heterocycles. The highest BCUT2D eigenvalue weighted by molar-refractivity contribution is 7.13. The average Bonchev–Trinajstić information content (AvgIpc) is 3.31. The fourth-order valence-electron chi connectivity index (χ4n) is 3.60. The maximum absolute atomic E-state index is 12.8. The van der Waals surface area contributed by atoms with Gasteiger partial charge in [0.05, 0.1) is 10.7 Å². The zero-order chi connectivity index (χ0) is 18.1. The number of hydrogen-bond donors (Lipinski definition) is 0. The van der Waals surface area contributed by atoms with Crippen molar-refractivity contribution in [1.82, 2.24) is 19.9 Å². The molecule has 0 radical (unpaired) electrons. The SMILES string of the molecule is Cc1nc(C)c(C(=O)N2CCN(c3ccnc(N4CCCC4)n3)CC2)s1. The summed E-state index contributed by atoms with van der Waals surface area (Å²) in [6.45, 7) is 8.93. The molecule has 0 bridgehead atoms. The number of thiazole rings is 1.